The molecule has 5 heteroatoms. The molecule has 0 bridgehead atoms. The first-order chi connectivity index (χ1) is 11.3. The summed E-state index contributed by atoms with van der Waals surface area (Å²) in [6.07, 6.45) is 1.56. The summed E-state index contributed by atoms with van der Waals surface area (Å²) in [6.45, 7) is 7.89. The van der Waals surface area contributed by atoms with E-state index in [4.69, 9.17) is 4.74 Å². The molecule has 1 saturated heterocycles. The number of piperidine rings is 1. The quantitative estimate of drug-likeness (QED) is 0.921. The zero-order chi connectivity index (χ0) is 17.7. The molecule has 1 fully saturated rings. The van der Waals surface area contributed by atoms with Gasteiger partial charge in [0, 0.05) is 31.8 Å². The summed E-state index contributed by atoms with van der Waals surface area (Å²) in [5.74, 6) is -0.0304. The highest BCUT2D eigenvalue weighted by atomic mass is 16.5. The van der Waals surface area contributed by atoms with E-state index in [1.807, 2.05) is 29.2 Å². The topological polar surface area (TPSA) is 58.6 Å². The monoisotopic (exact) mass is 332 g/mol. The molecular weight excluding hydrogens is 304 g/mol. The van der Waals surface area contributed by atoms with E-state index in [0.717, 1.165) is 18.4 Å². The van der Waals surface area contributed by atoms with E-state index in [2.05, 4.69) is 26.1 Å². The number of hydrogen-bond donors (Lipinski definition) is 1. The number of rotatable bonds is 4. The van der Waals surface area contributed by atoms with Gasteiger partial charge in [0.05, 0.1) is 0 Å². The fraction of sp³-hybridized carbons (Fsp3) is 0.579. The van der Waals surface area contributed by atoms with Crippen molar-refractivity contribution in [3.05, 3.63) is 35.4 Å². The maximum Gasteiger partial charge on any atom is 0.253 e. The molecule has 0 aromatic heterocycles. The van der Waals surface area contributed by atoms with Crippen molar-refractivity contribution in [2.24, 2.45) is 0 Å². The number of benzene rings is 1. The van der Waals surface area contributed by atoms with Crippen LogP contribution in [0.15, 0.2) is 24.3 Å². The van der Waals surface area contributed by atoms with Crippen LogP contribution >= 0.6 is 0 Å². The van der Waals surface area contributed by atoms with Crippen molar-refractivity contribution >= 4 is 11.8 Å². The predicted octanol–water partition coefficient (Wildman–Crippen LogP) is 2.35. The number of ether oxygens (including phenoxy) is 1. The van der Waals surface area contributed by atoms with Crippen LogP contribution in [0.2, 0.25) is 0 Å². The van der Waals surface area contributed by atoms with Gasteiger partial charge >= 0.3 is 0 Å². The van der Waals surface area contributed by atoms with E-state index in [1.165, 1.54) is 12.7 Å². The van der Waals surface area contributed by atoms with Crippen molar-refractivity contribution in [2.75, 3.05) is 26.8 Å². The van der Waals surface area contributed by atoms with Crippen LogP contribution in [-0.4, -0.2) is 49.6 Å². The number of carbonyl (C=O) groups is 2. The van der Waals surface area contributed by atoms with Crippen molar-refractivity contribution in [1.82, 2.24) is 10.2 Å². The summed E-state index contributed by atoms with van der Waals surface area (Å²) in [7, 11) is 1.51. The van der Waals surface area contributed by atoms with E-state index in [1.54, 1.807) is 0 Å². The Labute approximate surface area is 144 Å². The Kier molecular flexibility index (Phi) is 5.99. The Balaban J connectivity index is 1.89. The van der Waals surface area contributed by atoms with E-state index in [9.17, 15) is 9.59 Å². The molecule has 132 valence electrons. The minimum absolute atomic E-state index is 0.0668. The first kappa shape index (κ1) is 18.5. The molecule has 1 N–H and O–H groups in total. The van der Waals surface area contributed by atoms with Gasteiger partial charge in [-0.25, -0.2) is 0 Å². The molecule has 2 amide bonds. The molecule has 1 aliphatic heterocycles. The molecule has 0 atom stereocenters. The molecule has 0 unspecified atom stereocenters. The standard InChI is InChI=1S/C19H28N2O3/c1-19(2,3)15-7-5-14(6-8-15)18(23)21-11-9-16(10-12-21)20-17(22)13-24-4/h5-8,16H,9-13H2,1-4H3,(H,20,22). The smallest absolute Gasteiger partial charge is 0.253 e. The van der Waals surface area contributed by atoms with Crippen LogP contribution in [0.25, 0.3) is 0 Å². The Morgan fingerprint density at radius 1 is 1.17 bits per heavy atom. The van der Waals surface area contributed by atoms with E-state index in [0.29, 0.717) is 13.1 Å². The number of nitrogens with one attached hydrogen (secondary N) is 1. The lowest BCUT2D eigenvalue weighted by Crippen LogP contribution is -2.47. The molecule has 0 saturated carbocycles. The Morgan fingerprint density at radius 3 is 2.25 bits per heavy atom. The molecule has 2 rings (SSSR count). The van der Waals surface area contributed by atoms with Gasteiger partial charge in [-0.05, 0) is 36.0 Å². The third-order valence-electron chi connectivity index (χ3n) is 4.42. The SMILES string of the molecule is COCC(=O)NC1CCN(C(=O)c2ccc(C(C)(C)C)cc2)CC1. The fourth-order valence-corrected chi connectivity index (χ4v) is 2.92. The van der Waals surface area contributed by atoms with Gasteiger partial charge in [0.25, 0.3) is 5.91 Å². The van der Waals surface area contributed by atoms with Gasteiger partial charge < -0.3 is 15.0 Å². The summed E-state index contributed by atoms with van der Waals surface area (Å²) < 4.78 is 4.82. The molecular formula is C19H28N2O3. The second-order valence-electron chi connectivity index (χ2n) is 7.39. The lowest BCUT2D eigenvalue weighted by Gasteiger charge is -2.32. The third-order valence-corrected chi connectivity index (χ3v) is 4.42. The third kappa shape index (κ3) is 4.81. The summed E-state index contributed by atoms with van der Waals surface area (Å²) in [5.41, 5.74) is 2.03. The average Bonchev–Trinajstić information content (AvgIpc) is 2.54. The highest BCUT2D eigenvalue weighted by molar-refractivity contribution is 5.94. The maximum absolute atomic E-state index is 12.6. The van der Waals surface area contributed by atoms with Gasteiger partial charge in [-0.2, -0.15) is 0 Å². The summed E-state index contributed by atoms with van der Waals surface area (Å²) in [4.78, 5) is 26.0. The van der Waals surface area contributed by atoms with Crippen LogP contribution in [0.5, 0.6) is 0 Å². The molecule has 0 aliphatic carbocycles. The van der Waals surface area contributed by atoms with Crippen LogP contribution in [0, 0.1) is 0 Å². The van der Waals surface area contributed by atoms with Crippen LogP contribution in [0.1, 0.15) is 49.5 Å². The predicted molar refractivity (Wildman–Crippen MR) is 94.1 cm³/mol. The summed E-state index contributed by atoms with van der Waals surface area (Å²) >= 11 is 0. The lowest BCUT2D eigenvalue weighted by atomic mass is 9.86. The average molecular weight is 332 g/mol. The fourth-order valence-electron chi connectivity index (χ4n) is 2.92. The Bertz CT molecular complexity index is 567. The molecule has 24 heavy (non-hydrogen) atoms. The second-order valence-corrected chi connectivity index (χ2v) is 7.39. The molecule has 0 radical (unpaired) electrons. The Hall–Kier alpha value is -1.88. The van der Waals surface area contributed by atoms with Crippen LogP contribution < -0.4 is 5.32 Å². The van der Waals surface area contributed by atoms with Gasteiger partial charge in [0.15, 0.2) is 0 Å². The second kappa shape index (κ2) is 7.79. The number of amides is 2. The first-order valence-electron chi connectivity index (χ1n) is 8.49. The van der Waals surface area contributed by atoms with Crippen LogP contribution in [-0.2, 0) is 14.9 Å². The van der Waals surface area contributed by atoms with Gasteiger partial charge in [-0.1, -0.05) is 32.9 Å². The molecule has 0 spiro atoms. The summed E-state index contributed by atoms with van der Waals surface area (Å²) in [6, 6.07) is 8.01. The number of carbonyl (C=O) groups excluding carboxylic acids is 2. The van der Waals surface area contributed by atoms with Crippen molar-refractivity contribution < 1.29 is 14.3 Å². The molecule has 1 aromatic rings. The van der Waals surface area contributed by atoms with E-state index < -0.39 is 0 Å². The van der Waals surface area contributed by atoms with Crippen molar-refractivity contribution in [3.8, 4) is 0 Å². The van der Waals surface area contributed by atoms with Gasteiger partial charge in [-0.3, -0.25) is 9.59 Å². The summed E-state index contributed by atoms with van der Waals surface area (Å²) in [5, 5.41) is 2.94. The number of methoxy groups -OCH3 is 1. The van der Waals surface area contributed by atoms with Gasteiger partial charge in [-0.15, -0.1) is 0 Å². The minimum Gasteiger partial charge on any atom is -0.375 e. The van der Waals surface area contributed by atoms with Gasteiger partial charge in [0.2, 0.25) is 5.91 Å². The normalized spacial score (nSPS) is 16.1. The number of likely N-dealkylation sites (tertiary alicyclic amines) is 1. The molecule has 1 aliphatic rings. The van der Waals surface area contributed by atoms with E-state index in [-0.39, 0.29) is 29.9 Å². The van der Waals surface area contributed by atoms with E-state index >= 15 is 0 Å². The van der Waals surface area contributed by atoms with Crippen molar-refractivity contribution in [2.45, 2.75) is 45.1 Å². The number of hydrogen-bond acceptors (Lipinski definition) is 3. The zero-order valence-corrected chi connectivity index (χ0v) is 15.1. The van der Waals surface area contributed by atoms with Crippen molar-refractivity contribution in [3.63, 3.8) is 0 Å². The van der Waals surface area contributed by atoms with Crippen LogP contribution in [0.3, 0.4) is 0 Å². The highest BCUT2D eigenvalue weighted by Gasteiger charge is 2.24. The molecule has 5 nitrogen and oxygen atoms in total. The largest absolute Gasteiger partial charge is 0.375 e. The molecule has 1 aromatic carbocycles. The number of nitrogens with zero attached hydrogens (tertiary/aromatic N) is 1. The van der Waals surface area contributed by atoms with Gasteiger partial charge in [0.1, 0.15) is 6.61 Å². The Morgan fingerprint density at radius 2 is 1.75 bits per heavy atom. The first-order valence-corrected chi connectivity index (χ1v) is 8.49. The maximum atomic E-state index is 12.6. The lowest BCUT2D eigenvalue weighted by molar-refractivity contribution is -0.125. The zero-order valence-electron chi connectivity index (χ0n) is 15.1. The molecule has 1 heterocycles. The van der Waals surface area contributed by atoms with Crippen molar-refractivity contribution in [1.29, 1.82) is 0 Å². The minimum atomic E-state index is -0.0972. The highest BCUT2D eigenvalue weighted by Crippen LogP contribution is 2.23. The van der Waals surface area contributed by atoms with Crippen LogP contribution in [0.4, 0.5) is 0 Å².